The van der Waals surface area contributed by atoms with Crippen molar-refractivity contribution in [1.29, 1.82) is 0 Å². The molecule has 0 bridgehead atoms. The molecule has 1 unspecified atom stereocenters. The van der Waals surface area contributed by atoms with Gasteiger partial charge >= 0.3 is 11.7 Å². The molecule has 0 aliphatic carbocycles. The number of carbonyl (C=O) groups is 3. The zero-order valence-electron chi connectivity index (χ0n) is 37.6. The van der Waals surface area contributed by atoms with E-state index in [0.29, 0.717) is 27.2 Å². The van der Waals surface area contributed by atoms with Crippen LogP contribution in [-0.2, 0) is 33.8 Å². The molecule has 15 heteroatoms. The molecule has 5 aromatic rings. The smallest absolute Gasteiger partial charge is 0.340 e. The molecule has 4 aromatic carbocycles. The van der Waals surface area contributed by atoms with E-state index in [9.17, 15) is 28.4 Å². The molecule has 1 aliphatic heterocycles. The number of Topliss-reactive ketones (excluding diaryl/α,β-unsaturated/α-hetero) is 1. The van der Waals surface area contributed by atoms with Crippen LogP contribution in [0.5, 0.6) is 11.5 Å². The Morgan fingerprint density at radius 2 is 1.36 bits per heavy atom. The standard InChI is InChI=1S/C49H55FN2O11Si/c1-31-15-17-33(29-39(31)50)45(56)52-41(54)27-28-51(47(52)57)46-44(63-64(8,9)48(3,4)5)43(62-42(55)26-16-32(2)53)40(61-46)30-60-49(34-13-11-10-12-14-34,35-18-22-37(58-6)23-19-35)36-20-24-38(59-7)25-21-36/h10-15,17-25,27-29,40,43-44,46H,16,26,30H2,1-9H3/t40-,43+,44?,46-/m1/s1. The topological polar surface area (TPSA) is 151 Å². The average Bonchev–Trinajstić information content (AvgIpc) is 3.58. The molecule has 0 amide bonds. The SMILES string of the molecule is COc1ccc(C(OC[C@H]2O[C@@H](n3ccc(=O)n(C(=O)c4ccc(C)c(F)c4)c3=O)C(O[Si](C)(C)C(C)(C)C)[C@H]2OC(=O)CCC(C)=O)(c2ccccc2)c2ccc(OC)cc2)cc1. The lowest BCUT2D eigenvalue weighted by molar-refractivity contribution is -0.159. The highest BCUT2D eigenvalue weighted by Gasteiger charge is 2.54. The molecule has 0 saturated carbocycles. The van der Waals surface area contributed by atoms with Gasteiger partial charge in [0.1, 0.15) is 40.9 Å². The van der Waals surface area contributed by atoms with Gasteiger partial charge in [-0.1, -0.05) is 81.4 Å². The Morgan fingerprint density at radius 3 is 1.89 bits per heavy atom. The zero-order valence-corrected chi connectivity index (χ0v) is 38.6. The predicted molar refractivity (Wildman–Crippen MR) is 240 cm³/mol. The van der Waals surface area contributed by atoms with Crippen molar-refractivity contribution in [3.8, 4) is 11.5 Å². The molecule has 64 heavy (non-hydrogen) atoms. The summed E-state index contributed by atoms with van der Waals surface area (Å²) in [5, 5.41) is -0.407. The Labute approximate surface area is 372 Å². The lowest BCUT2D eigenvalue weighted by Crippen LogP contribution is -2.52. The molecule has 1 saturated heterocycles. The van der Waals surface area contributed by atoms with Gasteiger partial charge in [-0.25, -0.2) is 9.18 Å². The third kappa shape index (κ3) is 9.87. The number of methoxy groups -OCH3 is 2. The molecular weight excluding hydrogens is 840 g/mol. The van der Waals surface area contributed by atoms with Crippen molar-refractivity contribution in [2.75, 3.05) is 20.8 Å². The molecular formula is C49H55FN2O11Si. The van der Waals surface area contributed by atoms with Crippen molar-refractivity contribution >= 4 is 26.0 Å². The Hall–Kier alpha value is -6.00. The van der Waals surface area contributed by atoms with Gasteiger partial charge in [0.25, 0.3) is 11.5 Å². The van der Waals surface area contributed by atoms with Crippen LogP contribution in [0.2, 0.25) is 18.1 Å². The van der Waals surface area contributed by atoms with Gasteiger partial charge in [-0.15, -0.1) is 0 Å². The van der Waals surface area contributed by atoms with Crippen molar-refractivity contribution in [2.24, 2.45) is 0 Å². The number of ketones is 1. The van der Waals surface area contributed by atoms with Crippen molar-refractivity contribution in [1.82, 2.24) is 9.13 Å². The summed E-state index contributed by atoms with van der Waals surface area (Å²) in [4.78, 5) is 67.5. The van der Waals surface area contributed by atoms with Crippen LogP contribution in [0, 0.1) is 12.7 Å². The number of nitrogens with zero attached hydrogens (tertiary/aromatic N) is 2. The Bertz CT molecular complexity index is 2540. The molecule has 0 radical (unpaired) electrons. The monoisotopic (exact) mass is 894 g/mol. The number of benzene rings is 4. The number of aromatic nitrogens is 2. The summed E-state index contributed by atoms with van der Waals surface area (Å²) in [6, 6.07) is 29.0. The maximum Gasteiger partial charge on any atom is 0.340 e. The molecule has 338 valence electrons. The first-order valence-corrected chi connectivity index (χ1v) is 23.9. The fourth-order valence-electron chi connectivity index (χ4n) is 7.35. The van der Waals surface area contributed by atoms with E-state index >= 15 is 0 Å². The minimum atomic E-state index is -2.85. The molecule has 1 aliphatic rings. The van der Waals surface area contributed by atoms with E-state index in [2.05, 4.69) is 0 Å². The van der Waals surface area contributed by atoms with Crippen LogP contribution in [0.3, 0.4) is 0 Å². The number of halogens is 1. The summed E-state index contributed by atoms with van der Waals surface area (Å²) in [6.07, 6.45) is -4.15. The summed E-state index contributed by atoms with van der Waals surface area (Å²) in [6.45, 7) is 12.6. The van der Waals surface area contributed by atoms with Crippen molar-refractivity contribution in [2.45, 2.75) is 95.7 Å². The Morgan fingerprint density at radius 1 is 0.781 bits per heavy atom. The van der Waals surface area contributed by atoms with E-state index in [1.165, 1.54) is 32.2 Å². The second kappa shape index (κ2) is 19.4. The van der Waals surface area contributed by atoms with Crippen LogP contribution < -0.4 is 20.7 Å². The highest BCUT2D eigenvalue weighted by atomic mass is 28.4. The maximum atomic E-state index is 14.7. The van der Waals surface area contributed by atoms with Crippen LogP contribution in [0.15, 0.2) is 119 Å². The van der Waals surface area contributed by atoms with Gasteiger partial charge in [0.2, 0.25) is 0 Å². The average molecular weight is 895 g/mol. The molecule has 2 heterocycles. The Kier molecular flexibility index (Phi) is 14.4. The van der Waals surface area contributed by atoms with Gasteiger partial charge in [0.05, 0.1) is 27.2 Å². The van der Waals surface area contributed by atoms with Gasteiger partial charge < -0.3 is 32.9 Å². The lowest BCUT2D eigenvalue weighted by atomic mass is 9.80. The minimum Gasteiger partial charge on any atom is -0.497 e. The molecule has 1 fully saturated rings. The van der Waals surface area contributed by atoms with Crippen LogP contribution in [-0.4, -0.2) is 74.2 Å². The highest BCUT2D eigenvalue weighted by molar-refractivity contribution is 6.74. The van der Waals surface area contributed by atoms with Crippen LogP contribution in [0.4, 0.5) is 4.39 Å². The number of rotatable bonds is 16. The fraction of sp³-hybridized carbons (Fsp3) is 0.367. The summed E-state index contributed by atoms with van der Waals surface area (Å²) in [5.41, 5.74) is -1.20. The van der Waals surface area contributed by atoms with Crippen molar-refractivity contribution in [3.05, 3.63) is 164 Å². The highest BCUT2D eigenvalue weighted by Crippen LogP contribution is 2.45. The third-order valence-electron chi connectivity index (χ3n) is 12.0. The summed E-state index contributed by atoms with van der Waals surface area (Å²) >= 11 is 0. The van der Waals surface area contributed by atoms with Gasteiger partial charge in [-0.2, -0.15) is 4.57 Å². The van der Waals surface area contributed by atoms with Gasteiger partial charge in [-0.3, -0.25) is 19.0 Å². The Balaban J connectivity index is 1.53. The molecule has 1 aromatic heterocycles. The lowest BCUT2D eigenvalue weighted by Gasteiger charge is -2.40. The first-order valence-electron chi connectivity index (χ1n) is 21.0. The fourth-order valence-corrected chi connectivity index (χ4v) is 8.63. The van der Waals surface area contributed by atoms with Crippen LogP contribution in [0.25, 0.3) is 0 Å². The molecule has 0 N–H and O–H groups in total. The normalized spacial score (nSPS) is 17.8. The number of ether oxygens (including phenoxy) is 5. The largest absolute Gasteiger partial charge is 0.497 e. The van der Waals surface area contributed by atoms with Gasteiger partial charge in [-0.05, 0) is 90.6 Å². The second-order valence-corrected chi connectivity index (χ2v) is 22.1. The molecule has 13 nitrogen and oxygen atoms in total. The van der Waals surface area contributed by atoms with Crippen molar-refractivity contribution in [3.63, 3.8) is 0 Å². The number of carbonyl (C=O) groups excluding carboxylic acids is 3. The van der Waals surface area contributed by atoms with E-state index in [1.807, 2.05) is 113 Å². The van der Waals surface area contributed by atoms with Gasteiger partial charge in [0, 0.05) is 24.2 Å². The maximum absolute atomic E-state index is 14.7. The number of aryl methyl sites for hydroxylation is 1. The number of esters is 1. The molecule has 4 atom stereocenters. The number of hydrogen-bond donors (Lipinski definition) is 0. The first-order chi connectivity index (χ1) is 30.3. The second-order valence-electron chi connectivity index (χ2n) is 17.3. The van der Waals surface area contributed by atoms with E-state index in [0.717, 1.165) is 22.3 Å². The zero-order chi connectivity index (χ0) is 46.6. The minimum absolute atomic E-state index is 0.0804. The predicted octanol–water partition coefficient (Wildman–Crippen LogP) is 7.74. The van der Waals surface area contributed by atoms with E-state index in [1.54, 1.807) is 14.2 Å². The third-order valence-corrected chi connectivity index (χ3v) is 16.5. The molecule has 0 spiro atoms. The quantitative estimate of drug-likeness (QED) is 0.0544. The van der Waals surface area contributed by atoms with Gasteiger partial charge in [0.15, 0.2) is 20.6 Å². The summed E-state index contributed by atoms with van der Waals surface area (Å²) in [5.74, 6) is -1.45. The van der Waals surface area contributed by atoms with E-state index < -0.39 is 72.4 Å². The number of hydrogen-bond acceptors (Lipinski definition) is 11. The first kappa shape index (κ1) is 47.5. The van der Waals surface area contributed by atoms with Crippen LogP contribution >= 0.6 is 0 Å². The van der Waals surface area contributed by atoms with E-state index in [-0.39, 0.29) is 36.4 Å². The van der Waals surface area contributed by atoms with Crippen molar-refractivity contribution < 1.29 is 46.9 Å². The van der Waals surface area contributed by atoms with Crippen LogP contribution in [0.1, 0.15) is 79.4 Å². The molecule has 6 rings (SSSR count). The summed E-state index contributed by atoms with van der Waals surface area (Å²) in [7, 11) is 0.295. The van der Waals surface area contributed by atoms with E-state index in [4.69, 9.17) is 28.1 Å². The summed E-state index contributed by atoms with van der Waals surface area (Å²) < 4.78 is 54.5.